The average Bonchev–Trinajstić information content (AvgIpc) is 2.51. The molecule has 0 aliphatic rings. The molecule has 11 nitrogen and oxygen atoms in total. The third-order valence-corrected chi connectivity index (χ3v) is 3.17. The maximum atomic E-state index is 12.1. The van der Waals surface area contributed by atoms with Crippen LogP contribution < -0.4 is 5.43 Å². The second-order valence-corrected chi connectivity index (χ2v) is 5.99. The van der Waals surface area contributed by atoms with Gasteiger partial charge in [0, 0.05) is 17.7 Å². The van der Waals surface area contributed by atoms with E-state index in [2.05, 4.69) is 0 Å². The fraction of sp³-hybridized carbons (Fsp3) is 0. The van der Waals surface area contributed by atoms with E-state index in [-0.39, 0.29) is 85.2 Å². The fourth-order valence-electron chi connectivity index (χ4n) is 2.14. The molecule has 1 heterocycles. The van der Waals surface area contributed by atoms with Crippen LogP contribution in [0.4, 0.5) is 0 Å². The number of benzene rings is 2. The molecule has 0 spiro atoms. The zero-order chi connectivity index (χ0) is 20.5. The van der Waals surface area contributed by atoms with Gasteiger partial charge in [0.05, 0.1) is 0 Å². The van der Waals surface area contributed by atoms with Gasteiger partial charge in [-0.05, 0) is 18.2 Å². The quantitative estimate of drug-likeness (QED) is 0.159. The molecule has 0 amide bonds. The second kappa shape index (κ2) is 9.10. The van der Waals surface area contributed by atoms with Crippen LogP contribution in [0.1, 0.15) is 0 Å². The standard InChI is InChI=1S/C15H10O7.K.H2O4S.H/c16-7-4-10(19)12-11(5-7)22-15(14(21)13(12)20)6-1-2-8(17)9(18)3-6;;1-5(2,3)4;/h1-5,16-19,21H;;(H2,1,2,3,4);. The van der Waals surface area contributed by atoms with Crippen LogP contribution in [0.2, 0.25) is 0 Å². The van der Waals surface area contributed by atoms with Gasteiger partial charge in [-0.2, -0.15) is 8.42 Å². The van der Waals surface area contributed by atoms with Crippen molar-refractivity contribution < 1.29 is 47.5 Å². The van der Waals surface area contributed by atoms with Crippen molar-refractivity contribution in [3.05, 3.63) is 40.6 Å². The van der Waals surface area contributed by atoms with Crippen molar-refractivity contribution in [3.63, 3.8) is 0 Å². The predicted octanol–water partition coefficient (Wildman–Crippen LogP) is 0.687. The zero-order valence-electron chi connectivity index (χ0n) is 13.1. The van der Waals surface area contributed by atoms with Crippen molar-refractivity contribution in [3.8, 4) is 40.1 Å². The summed E-state index contributed by atoms with van der Waals surface area (Å²) in [6.07, 6.45) is 0. The van der Waals surface area contributed by atoms with Gasteiger partial charge >= 0.3 is 61.8 Å². The van der Waals surface area contributed by atoms with E-state index in [0.717, 1.165) is 24.3 Å². The van der Waals surface area contributed by atoms with E-state index in [1.54, 1.807) is 0 Å². The Kier molecular flexibility index (Phi) is 7.87. The van der Waals surface area contributed by atoms with Crippen molar-refractivity contribution in [1.29, 1.82) is 0 Å². The summed E-state index contributed by atoms with van der Waals surface area (Å²) in [5, 5.41) is 47.6. The molecule has 0 saturated heterocycles. The van der Waals surface area contributed by atoms with Gasteiger partial charge in [0.15, 0.2) is 17.3 Å². The minimum atomic E-state index is -4.67. The van der Waals surface area contributed by atoms with Gasteiger partial charge in [0.25, 0.3) is 0 Å². The molecule has 0 aliphatic carbocycles. The molecule has 0 aliphatic heterocycles. The third kappa shape index (κ3) is 5.82. The Morgan fingerprint density at radius 3 is 1.93 bits per heavy atom. The first-order valence-electron chi connectivity index (χ1n) is 6.82. The molecule has 0 unspecified atom stereocenters. The van der Waals surface area contributed by atoms with Gasteiger partial charge in [0.2, 0.25) is 11.2 Å². The molecule has 2 aromatic carbocycles. The van der Waals surface area contributed by atoms with E-state index in [4.69, 9.17) is 21.9 Å². The van der Waals surface area contributed by atoms with Crippen LogP contribution in [0.15, 0.2) is 39.5 Å². The Labute approximate surface area is 199 Å². The SMILES string of the molecule is O=S(=O)(O)O.O=c1c(O)c(-c2ccc(O)c(O)c2)oc2cc(O)cc(O)c12.[KH]. The molecular formula is C15H13KO11S. The first-order valence-corrected chi connectivity index (χ1v) is 8.22. The topological polar surface area (TPSA) is 206 Å². The van der Waals surface area contributed by atoms with Gasteiger partial charge in [-0.15, -0.1) is 0 Å². The van der Waals surface area contributed by atoms with Crippen LogP contribution >= 0.6 is 0 Å². The molecule has 0 radical (unpaired) electrons. The molecule has 1 aromatic heterocycles. The molecule has 13 heteroatoms. The van der Waals surface area contributed by atoms with Crippen LogP contribution in [0.25, 0.3) is 22.3 Å². The summed E-state index contributed by atoms with van der Waals surface area (Å²) in [7, 11) is -4.67. The fourth-order valence-corrected chi connectivity index (χ4v) is 2.14. The van der Waals surface area contributed by atoms with E-state index in [0.29, 0.717) is 0 Å². The van der Waals surface area contributed by atoms with Gasteiger partial charge in [-0.1, -0.05) is 0 Å². The number of hydrogen-bond donors (Lipinski definition) is 7. The van der Waals surface area contributed by atoms with Crippen molar-refractivity contribution in [2.45, 2.75) is 0 Å². The molecule has 3 rings (SSSR count). The molecule has 0 saturated carbocycles. The normalized spacial score (nSPS) is 10.6. The van der Waals surface area contributed by atoms with Crippen molar-refractivity contribution in [2.75, 3.05) is 0 Å². The summed E-state index contributed by atoms with van der Waals surface area (Å²) in [6.45, 7) is 0. The molecule has 28 heavy (non-hydrogen) atoms. The molecule has 7 N–H and O–H groups in total. The number of fused-ring (bicyclic) bond motifs is 1. The average molecular weight is 440 g/mol. The van der Waals surface area contributed by atoms with Crippen LogP contribution in [0.3, 0.4) is 0 Å². The van der Waals surface area contributed by atoms with E-state index < -0.39 is 33.1 Å². The first-order chi connectivity index (χ1) is 12.4. The number of aromatic hydroxyl groups is 5. The molecule has 0 atom stereocenters. The van der Waals surface area contributed by atoms with Gasteiger partial charge < -0.3 is 29.9 Å². The van der Waals surface area contributed by atoms with E-state index in [1.165, 1.54) is 6.07 Å². The third-order valence-electron chi connectivity index (χ3n) is 3.17. The monoisotopic (exact) mass is 440 g/mol. The summed E-state index contributed by atoms with van der Waals surface area (Å²) >= 11 is 0. The summed E-state index contributed by atoms with van der Waals surface area (Å²) < 4.78 is 36.9. The molecule has 0 fully saturated rings. The van der Waals surface area contributed by atoms with E-state index in [1.807, 2.05) is 0 Å². The second-order valence-electron chi connectivity index (χ2n) is 5.10. The number of hydrogen-bond acceptors (Lipinski definition) is 9. The van der Waals surface area contributed by atoms with Gasteiger partial charge in [0.1, 0.15) is 22.5 Å². The Bertz CT molecular complexity index is 1180. The molecule has 0 bridgehead atoms. The van der Waals surface area contributed by atoms with Crippen LogP contribution in [-0.4, -0.2) is 94.4 Å². The Morgan fingerprint density at radius 1 is 0.821 bits per heavy atom. The van der Waals surface area contributed by atoms with Crippen molar-refractivity contribution in [1.82, 2.24) is 0 Å². The van der Waals surface area contributed by atoms with Gasteiger partial charge in [-0.3, -0.25) is 13.9 Å². The molecular weight excluding hydrogens is 427 g/mol. The summed E-state index contributed by atoms with van der Waals surface area (Å²) in [6, 6.07) is 5.64. The Balaban J connectivity index is 0.000000584. The maximum absolute atomic E-state index is 12.1. The molecule has 3 aromatic rings. The number of rotatable bonds is 1. The Hall–Kier alpha value is -1.84. The van der Waals surface area contributed by atoms with Crippen molar-refractivity contribution in [2.24, 2.45) is 0 Å². The summed E-state index contributed by atoms with van der Waals surface area (Å²) in [5.74, 6) is -2.71. The number of phenols is 4. The first kappa shape index (κ1) is 24.2. The van der Waals surface area contributed by atoms with Crippen molar-refractivity contribution >= 4 is 72.8 Å². The van der Waals surface area contributed by atoms with E-state index >= 15 is 0 Å². The van der Waals surface area contributed by atoms with Gasteiger partial charge in [-0.25, -0.2) is 0 Å². The Morgan fingerprint density at radius 2 is 1.39 bits per heavy atom. The van der Waals surface area contributed by atoms with Crippen LogP contribution in [-0.2, 0) is 10.4 Å². The minimum absolute atomic E-state index is 0. The van der Waals surface area contributed by atoms with E-state index in [9.17, 15) is 30.3 Å². The summed E-state index contributed by atoms with van der Waals surface area (Å²) in [5.41, 5.74) is -0.890. The van der Waals surface area contributed by atoms with Crippen LogP contribution in [0.5, 0.6) is 28.7 Å². The summed E-state index contributed by atoms with van der Waals surface area (Å²) in [4.78, 5) is 12.1. The molecule has 146 valence electrons. The zero-order valence-corrected chi connectivity index (χ0v) is 13.9. The van der Waals surface area contributed by atoms with Crippen LogP contribution in [0, 0.1) is 0 Å². The predicted molar refractivity (Wildman–Crippen MR) is 97.6 cm³/mol. The number of phenolic OH excluding ortho intramolecular Hbond substituents is 4.